The molecule has 24 heavy (non-hydrogen) atoms. The van der Waals surface area contributed by atoms with Crippen molar-refractivity contribution in [2.75, 3.05) is 18.4 Å². The van der Waals surface area contributed by atoms with Gasteiger partial charge in [-0.25, -0.2) is 0 Å². The second-order valence-corrected chi connectivity index (χ2v) is 6.56. The number of piperidine rings is 1. The number of nitrogens with one attached hydrogen (secondary N) is 1. The molecule has 2 N–H and O–H groups in total. The first-order chi connectivity index (χ1) is 11.6. The summed E-state index contributed by atoms with van der Waals surface area (Å²) in [5.41, 5.74) is 1.91. The van der Waals surface area contributed by atoms with Crippen LogP contribution in [-0.4, -0.2) is 35.0 Å². The molecule has 4 nitrogen and oxygen atoms in total. The van der Waals surface area contributed by atoms with Crippen LogP contribution in [0.2, 0.25) is 5.02 Å². The van der Waals surface area contributed by atoms with Crippen LogP contribution < -0.4 is 5.32 Å². The lowest BCUT2D eigenvalue weighted by Crippen LogP contribution is -2.45. The highest BCUT2D eigenvalue weighted by molar-refractivity contribution is 6.32. The van der Waals surface area contributed by atoms with Crippen LogP contribution in [0.1, 0.15) is 18.4 Å². The molecule has 0 radical (unpaired) electrons. The van der Waals surface area contributed by atoms with Gasteiger partial charge in [0.05, 0.1) is 11.4 Å². The maximum Gasteiger partial charge on any atom is 0.227 e. The number of likely N-dealkylation sites (tertiary alicyclic amines) is 1. The van der Waals surface area contributed by atoms with Gasteiger partial charge in [0.1, 0.15) is 5.75 Å². The monoisotopic (exact) mass is 344 g/mol. The lowest BCUT2D eigenvalue weighted by Gasteiger charge is -2.34. The maximum atomic E-state index is 12.6. The number of halogens is 1. The van der Waals surface area contributed by atoms with E-state index in [1.165, 1.54) is 6.07 Å². The molecular formula is C19H21ClN2O2. The van der Waals surface area contributed by atoms with Crippen LogP contribution in [0.5, 0.6) is 5.75 Å². The van der Waals surface area contributed by atoms with E-state index in [9.17, 15) is 9.90 Å². The van der Waals surface area contributed by atoms with Crippen molar-refractivity contribution in [2.24, 2.45) is 0 Å². The van der Waals surface area contributed by atoms with Crippen molar-refractivity contribution in [1.82, 2.24) is 4.90 Å². The molecule has 0 unspecified atom stereocenters. The fraction of sp³-hybridized carbons (Fsp3) is 0.316. The summed E-state index contributed by atoms with van der Waals surface area (Å²) in [4.78, 5) is 14.5. The minimum absolute atomic E-state index is 0.0398. The summed E-state index contributed by atoms with van der Waals surface area (Å²) in [7, 11) is 0. The molecular weight excluding hydrogens is 324 g/mol. The topological polar surface area (TPSA) is 52.6 Å². The highest BCUT2D eigenvalue weighted by Crippen LogP contribution is 2.24. The fourth-order valence-electron chi connectivity index (χ4n) is 3.04. The normalized spacial score (nSPS) is 17.5. The number of hydrogen-bond donors (Lipinski definition) is 2. The summed E-state index contributed by atoms with van der Waals surface area (Å²) < 4.78 is 0. The van der Waals surface area contributed by atoms with E-state index in [2.05, 4.69) is 5.32 Å². The molecule has 126 valence electrons. The standard InChI is InChI=1S/C19H21ClN2O2/c20-17-11-14(8-9-18(17)23)12-19(24)22-10-4-7-16(13-22)21-15-5-2-1-3-6-15/h1-3,5-6,8-9,11,16,21,23H,4,7,10,12-13H2/t16-/m1/s1. The van der Waals surface area contributed by atoms with Crippen LogP contribution in [0.25, 0.3) is 0 Å². The largest absolute Gasteiger partial charge is 0.506 e. The van der Waals surface area contributed by atoms with Gasteiger partial charge in [-0.2, -0.15) is 0 Å². The fourth-order valence-corrected chi connectivity index (χ4v) is 3.24. The van der Waals surface area contributed by atoms with E-state index in [4.69, 9.17) is 11.6 Å². The van der Waals surface area contributed by atoms with E-state index in [1.54, 1.807) is 12.1 Å². The van der Waals surface area contributed by atoms with Gasteiger partial charge in [0.25, 0.3) is 0 Å². The molecule has 0 bridgehead atoms. The molecule has 0 aromatic heterocycles. The summed E-state index contributed by atoms with van der Waals surface area (Å²) in [6.45, 7) is 1.50. The van der Waals surface area contributed by atoms with Gasteiger partial charge in [-0.05, 0) is 42.7 Å². The summed E-state index contributed by atoms with van der Waals surface area (Å²) in [5, 5.41) is 13.2. The van der Waals surface area contributed by atoms with E-state index < -0.39 is 0 Å². The third-order valence-electron chi connectivity index (χ3n) is 4.29. The zero-order valence-electron chi connectivity index (χ0n) is 13.4. The molecule has 0 spiro atoms. The Morgan fingerprint density at radius 1 is 1.25 bits per heavy atom. The van der Waals surface area contributed by atoms with Crippen LogP contribution in [0, 0.1) is 0 Å². The highest BCUT2D eigenvalue weighted by atomic mass is 35.5. The average molecular weight is 345 g/mol. The second kappa shape index (κ2) is 7.58. The predicted octanol–water partition coefficient (Wildman–Crippen LogP) is 3.69. The van der Waals surface area contributed by atoms with Gasteiger partial charge in [0.15, 0.2) is 0 Å². The summed E-state index contributed by atoms with van der Waals surface area (Å²) in [6.07, 6.45) is 2.36. The zero-order valence-corrected chi connectivity index (χ0v) is 14.2. The number of amides is 1. The Kier molecular flexibility index (Phi) is 5.26. The van der Waals surface area contributed by atoms with Crippen LogP contribution >= 0.6 is 11.6 Å². The Labute approximate surface area is 147 Å². The first kappa shape index (κ1) is 16.7. The molecule has 1 aliphatic rings. The highest BCUT2D eigenvalue weighted by Gasteiger charge is 2.23. The molecule has 1 saturated heterocycles. The van der Waals surface area contributed by atoms with Crippen LogP contribution in [0.15, 0.2) is 48.5 Å². The number of benzene rings is 2. The first-order valence-electron chi connectivity index (χ1n) is 8.18. The van der Waals surface area contributed by atoms with Crippen molar-refractivity contribution < 1.29 is 9.90 Å². The van der Waals surface area contributed by atoms with Gasteiger partial charge in [0, 0.05) is 24.8 Å². The van der Waals surface area contributed by atoms with Crippen molar-refractivity contribution in [1.29, 1.82) is 0 Å². The number of carbonyl (C=O) groups excluding carboxylic acids is 1. The number of phenolic OH excluding ortho intramolecular Hbond substituents is 1. The lowest BCUT2D eigenvalue weighted by molar-refractivity contribution is -0.131. The van der Waals surface area contributed by atoms with Crippen LogP contribution in [0.3, 0.4) is 0 Å². The third kappa shape index (κ3) is 4.20. The molecule has 2 aromatic rings. The smallest absolute Gasteiger partial charge is 0.227 e. The number of rotatable bonds is 4. The number of anilines is 1. The van der Waals surface area contributed by atoms with Crippen molar-refractivity contribution in [3.05, 3.63) is 59.1 Å². The van der Waals surface area contributed by atoms with E-state index in [-0.39, 0.29) is 22.7 Å². The second-order valence-electron chi connectivity index (χ2n) is 6.15. The van der Waals surface area contributed by atoms with E-state index in [0.717, 1.165) is 30.6 Å². The quantitative estimate of drug-likeness (QED) is 0.889. The lowest BCUT2D eigenvalue weighted by atomic mass is 10.0. The van der Waals surface area contributed by atoms with Crippen LogP contribution in [0.4, 0.5) is 5.69 Å². The Balaban J connectivity index is 1.59. The van der Waals surface area contributed by atoms with Gasteiger partial charge < -0.3 is 15.3 Å². The molecule has 1 aliphatic heterocycles. The SMILES string of the molecule is O=C(Cc1ccc(O)c(Cl)c1)N1CCC[C@@H](Nc2ccccc2)C1. The zero-order chi connectivity index (χ0) is 16.9. The molecule has 0 saturated carbocycles. The number of aromatic hydroxyl groups is 1. The number of nitrogens with zero attached hydrogens (tertiary/aromatic N) is 1. The van der Waals surface area contributed by atoms with Crippen molar-refractivity contribution >= 4 is 23.2 Å². The van der Waals surface area contributed by atoms with Gasteiger partial charge in [0.2, 0.25) is 5.91 Å². The minimum Gasteiger partial charge on any atom is -0.506 e. The summed E-state index contributed by atoms with van der Waals surface area (Å²) in [6, 6.07) is 15.3. The van der Waals surface area contributed by atoms with E-state index >= 15 is 0 Å². The Morgan fingerprint density at radius 2 is 2.04 bits per heavy atom. The maximum absolute atomic E-state index is 12.6. The van der Waals surface area contributed by atoms with E-state index in [1.807, 2.05) is 35.2 Å². The minimum atomic E-state index is 0.0398. The molecule has 1 heterocycles. The number of phenols is 1. The number of hydrogen-bond acceptors (Lipinski definition) is 3. The van der Waals surface area contributed by atoms with Gasteiger partial charge in [-0.3, -0.25) is 4.79 Å². The van der Waals surface area contributed by atoms with Crippen LogP contribution in [-0.2, 0) is 11.2 Å². The molecule has 5 heteroatoms. The van der Waals surface area contributed by atoms with Gasteiger partial charge in [-0.15, -0.1) is 0 Å². The van der Waals surface area contributed by atoms with E-state index in [0.29, 0.717) is 13.0 Å². The van der Waals surface area contributed by atoms with Gasteiger partial charge in [-0.1, -0.05) is 35.9 Å². The molecule has 1 atom stereocenters. The molecule has 2 aromatic carbocycles. The summed E-state index contributed by atoms with van der Waals surface area (Å²) >= 11 is 5.91. The van der Waals surface area contributed by atoms with Crippen molar-refractivity contribution in [2.45, 2.75) is 25.3 Å². The van der Waals surface area contributed by atoms with Gasteiger partial charge >= 0.3 is 0 Å². The summed E-state index contributed by atoms with van der Waals surface area (Å²) in [5.74, 6) is 0.134. The predicted molar refractivity (Wildman–Crippen MR) is 96.5 cm³/mol. The average Bonchev–Trinajstić information content (AvgIpc) is 2.59. The number of carbonyl (C=O) groups is 1. The number of para-hydroxylation sites is 1. The molecule has 1 fully saturated rings. The molecule has 1 amide bonds. The van der Waals surface area contributed by atoms with Crippen molar-refractivity contribution in [3.8, 4) is 5.75 Å². The Morgan fingerprint density at radius 3 is 2.79 bits per heavy atom. The first-order valence-corrected chi connectivity index (χ1v) is 8.56. The molecule has 0 aliphatic carbocycles. The third-order valence-corrected chi connectivity index (χ3v) is 4.59. The van der Waals surface area contributed by atoms with Crippen molar-refractivity contribution in [3.63, 3.8) is 0 Å². The molecule has 3 rings (SSSR count). The Hall–Kier alpha value is -2.20. The Bertz CT molecular complexity index is 706.